The van der Waals surface area contributed by atoms with Crippen LogP contribution >= 0.6 is 0 Å². The third-order valence-electron chi connectivity index (χ3n) is 10.8. The molecule has 5 aromatic rings. The summed E-state index contributed by atoms with van der Waals surface area (Å²) in [6.07, 6.45) is 9.38. The molecule has 3 aromatic carbocycles. The smallest absolute Gasteiger partial charge is 0.197 e. The monoisotopic (exact) mass is 578 g/mol. The van der Waals surface area contributed by atoms with Crippen LogP contribution in [0.25, 0.3) is 33.6 Å². The summed E-state index contributed by atoms with van der Waals surface area (Å²) in [5, 5.41) is 0. The number of aromatic nitrogens is 2. The molecule has 7 rings (SSSR count). The van der Waals surface area contributed by atoms with E-state index < -0.39 is 0 Å². The van der Waals surface area contributed by atoms with Crippen molar-refractivity contribution in [2.75, 3.05) is 0 Å². The average molecular weight is 579 g/mol. The molecular formula is C42H46N2+2. The van der Waals surface area contributed by atoms with Crippen molar-refractivity contribution in [1.82, 2.24) is 0 Å². The zero-order chi connectivity index (χ0) is 30.3. The summed E-state index contributed by atoms with van der Waals surface area (Å²) in [5.41, 5.74) is 14.0. The van der Waals surface area contributed by atoms with Crippen molar-refractivity contribution < 1.29 is 9.13 Å². The molecule has 0 N–H and O–H groups in total. The molecule has 0 fully saturated rings. The lowest BCUT2D eigenvalue weighted by molar-refractivity contribution is -0.762. The molecule has 2 atom stereocenters. The first kappa shape index (κ1) is 28.7. The Balaban J connectivity index is 1.43. The van der Waals surface area contributed by atoms with Crippen molar-refractivity contribution in [3.05, 3.63) is 132 Å². The SMILES string of the molecule is CCCCc1ccc2c(c1)-c1cccc(C)[n+]1C(CC)(CC)CC2C1C[n+]2cc(-c3ccccc3)ccc2-c2ccccc21. The Morgan fingerprint density at radius 3 is 2.25 bits per heavy atom. The van der Waals surface area contributed by atoms with Crippen LogP contribution in [0.3, 0.4) is 0 Å². The number of benzene rings is 3. The van der Waals surface area contributed by atoms with Crippen molar-refractivity contribution in [2.45, 2.75) is 90.1 Å². The summed E-state index contributed by atoms with van der Waals surface area (Å²) in [5.74, 6) is 0.772. The van der Waals surface area contributed by atoms with Crippen LogP contribution in [0, 0.1) is 6.92 Å². The number of pyridine rings is 2. The fourth-order valence-corrected chi connectivity index (χ4v) is 8.42. The van der Waals surface area contributed by atoms with Crippen molar-refractivity contribution in [2.24, 2.45) is 0 Å². The van der Waals surface area contributed by atoms with Crippen molar-refractivity contribution in [3.8, 4) is 33.6 Å². The molecule has 2 unspecified atom stereocenters. The molecule has 44 heavy (non-hydrogen) atoms. The van der Waals surface area contributed by atoms with Crippen molar-refractivity contribution in [1.29, 1.82) is 0 Å². The summed E-state index contributed by atoms with van der Waals surface area (Å²) in [6, 6.07) is 39.2. The van der Waals surface area contributed by atoms with Gasteiger partial charge < -0.3 is 0 Å². The second kappa shape index (κ2) is 11.8. The van der Waals surface area contributed by atoms with E-state index in [1.54, 1.807) is 0 Å². The number of nitrogens with zero attached hydrogens (tertiary/aromatic N) is 2. The molecule has 2 nitrogen and oxygen atoms in total. The molecule has 0 saturated carbocycles. The molecule has 2 aliphatic rings. The Labute approximate surface area is 264 Å². The Hall–Kier alpha value is -4.04. The number of hydrogen-bond acceptors (Lipinski definition) is 0. The van der Waals surface area contributed by atoms with Crippen LogP contribution < -0.4 is 9.13 Å². The van der Waals surface area contributed by atoms with E-state index in [2.05, 4.69) is 146 Å². The highest BCUT2D eigenvalue weighted by atomic mass is 15.1. The van der Waals surface area contributed by atoms with Crippen LogP contribution in [0.2, 0.25) is 0 Å². The highest BCUT2D eigenvalue weighted by Gasteiger charge is 2.49. The quantitative estimate of drug-likeness (QED) is 0.170. The van der Waals surface area contributed by atoms with Gasteiger partial charge in [0.15, 0.2) is 24.0 Å². The number of rotatable bonds is 7. The molecule has 0 amide bonds. The summed E-state index contributed by atoms with van der Waals surface area (Å²) < 4.78 is 5.29. The van der Waals surface area contributed by atoms with E-state index >= 15 is 0 Å². The summed E-state index contributed by atoms with van der Waals surface area (Å²) >= 11 is 0. The van der Waals surface area contributed by atoms with Gasteiger partial charge in [0.1, 0.15) is 0 Å². The fourth-order valence-electron chi connectivity index (χ4n) is 8.42. The largest absolute Gasteiger partial charge is 0.213 e. The molecule has 0 aliphatic carbocycles. The third-order valence-corrected chi connectivity index (χ3v) is 10.8. The lowest BCUT2D eigenvalue weighted by Gasteiger charge is -2.35. The van der Waals surface area contributed by atoms with Crippen LogP contribution in [-0.2, 0) is 18.5 Å². The topological polar surface area (TPSA) is 7.76 Å². The second-order valence-corrected chi connectivity index (χ2v) is 13.2. The van der Waals surface area contributed by atoms with Gasteiger partial charge in [-0.15, -0.1) is 0 Å². The van der Waals surface area contributed by atoms with E-state index in [1.165, 1.54) is 68.9 Å². The van der Waals surface area contributed by atoms with Crippen molar-refractivity contribution >= 4 is 0 Å². The predicted molar refractivity (Wildman–Crippen MR) is 182 cm³/mol. The molecule has 0 radical (unpaired) electrons. The van der Waals surface area contributed by atoms with Gasteiger partial charge in [0, 0.05) is 67.0 Å². The molecule has 0 saturated heterocycles. The molecule has 2 heteroatoms. The van der Waals surface area contributed by atoms with Gasteiger partial charge in [-0.05, 0) is 59.4 Å². The Kier molecular flexibility index (Phi) is 7.70. The molecule has 0 bridgehead atoms. The maximum Gasteiger partial charge on any atom is 0.213 e. The molecule has 2 aromatic heterocycles. The maximum absolute atomic E-state index is 2.73. The third kappa shape index (κ3) is 4.80. The van der Waals surface area contributed by atoms with Crippen LogP contribution in [0.4, 0.5) is 0 Å². The number of aryl methyl sites for hydroxylation is 2. The summed E-state index contributed by atoms with van der Waals surface area (Å²) in [4.78, 5) is 0. The first-order valence-electron chi connectivity index (χ1n) is 16.9. The van der Waals surface area contributed by atoms with E-state index in [-0.39, 0.29) is 5.54 Å². The minimum absolute atomic E-state index is 0.0553. The first-order chi connectivity index (χ1) is 21.6. The zero-order valence-corrected chi connectivity index (χ0v) is 26.9. The highest BCUT2D eigenvalue weighted by Crippen LogP contribution is 2.50. The molecule has 2 aliphatic heterocycles. The fraction of sp³-hybridized carbons (Fsp3) is 0.333. The van der Waals surface area contributed by atoms with Gasteiger partial charge >= 0.3 is 0 Å². The van der Waals surface area contributed by atoms with Crippen LogP contribution in [0.5, 0.6) is 0 Å². The van der Waals surface area contributed by atoms with Gasteiger partial charge in [-0.1, -0.05) is 87.9 Å². The van der Waals surface area contributed by atoms with E-state index in [4.69, 9.17) is 0 Å². The first-order valence-corrected chi connectivity index (χ1v) is 16.9. The summed E-state index contributed by atoms with van der Waals surface area (Å²) in [6.45, 7) is 10.4. The Morgan fingerprint density at radius 2 is 1.45 bits per heavy atom. The average Bonchev–Trinajstić information content (AvgIpc) is 3.20. The van der Waals surface area contributed by atoms with Crippen molar-refractivity contribution in [3.63, 3.8) is 0 Å². The minimum Gasteiger partial charge on any atom is -0.197 e. The number of unbranched alkanes of at least 4 members (excludes halogenated alkanes) is 1. The van der Waals surface area contributed by atoms with E-state index in [1.807, 2.05) is 0 Å². The Morgan fingerprint density at radius 1 is 0.682 bits per heavy atom. The molecule has 0 spiro atoms. The molecular weight excluding hydrogens is 532 g/mol. The normalized spacial score (nSPS) is 18.0. The van der Waals surface area contributed by atoms with Crippen LogP contribution in [0.1, 0.15) is 87.1 Å². The standard InChI is InChI=1S/C42H46N2/c1-5-8-16-31-22-24-35-37(26-31)41-21-14-15-30(4)44(41)42(6-2,7-3)27-38(35)39-29-43-28-33(32-17-10-9-11-18-32)23-25-40(43)36-20-13-12-19-34(36)39/h9-15,17-26,28,38-39H,5-8,16,27,29H2,1-4H3/q+2. The highest BCUT2D eigenvalue weighted by molar-refractivity contribution is 5.69. The van der Waals surface area contributed by atoms with Gasteiger partial charge in [-0.3, -0.25) is 0 Å². The van der Waals surface area contributed by atoms with Gasteiger partial charge in [0.05, 0.1) is 5.92 Å². The predicted octanol–water partition coefficient (Wildman–Crippen LogP) is 9.71. The van der Waals surface area contributed by atoms with Gasteiger partial charge in [0.2, 0.25) is 11.4 Å². The van der Waals surface area contributed by atoms with Crippen LogP contribution in [0.15, 0.2) is 109 Å². The molecule has 222 valence electrons. The molecule has 4 heterocycles. The van der Waals surface area contributed by atoms with Crippen LogP contribution in [-0.4, -0.2) is 0 Å². The van der Waals surface area contributed by atoms with Gasteiger partial charge in [0.25, 0.3) is 0 Å². The number of fused-ring (bicyclic) bond motifs is 6. The van der Waals surface area contributed by atoms with E-state index in [9.17, 15) is 0 Å². The van der Waals surface area contributed by atoms with E-state index in [0.717, 1.165) is 32.2 Å². The van der Waals surface area contributed by atoms with E-state index in [0.29, 0.717) is 11.8 Å². The zero-order valence-electron chi connectivity index (χ0n) is 26.9. The maximum atomic E-state index is 2.73. The van der Waals surface area contributed by atoms with Gasteiger partial charge in [-0.2, -0.15) is 9.13 Å². The Bertz CT molecular complexity index is 1800. The minimum atomic E-state index is 0.0553. The number of hydrogen-bond donors (Lipinski definition) is 0. The summed E-state index contributed by atoms with van der Waals surface area (Å²) in [7, 11) is 0. The second-order valence-electron chi connectivity index (χ2n) is 13.2. The lowest BCUT2D eigenvalue weighted by atomic mass is 9.70. The lowest BCUT2D eigenvalue weighted by Crippen LogP contribution is -2.59. The van der Waals surface area contributed by atoms with Gasteiger partial charge in [-0.25, -0.2) is 0 Å².